The second-order valence-corrected chi connectivity index (χ2v) is 5.89. The molecule has 0 spiro atoms. The molecule has 5 N–H and O–H groups in total. The molecule has 0 saturated heterocycles. The van der Waals surface area contributed by atoms with Gasteiger partial charge in [-0.3, -0.25) is 5.01 Å². The van der Waals surface area contributed by atoms with E-state index in [0.717, 1.165) is 23.4 Å². The van der Waals surface area contributed by atoms with Crippen LogP contribution in [0.5, 0.6) is 17.2 Å². The largest absolute Gasteiger partial charge is 0.493 e. The Labute approximate surface area is 158 Å². The van der Waals surface area contributed by atoms with Gasteiger partial charge in [0.1, 0.15) is 0 Å². The Bertz CT molecular complexity index is 868. The summed E-state index contributed by atoms with van der Waals surface area (Å²) in [6, 6.07) is 9.57. The number of fused-ring (bicyclic) bond motifs is 1. The highest BCUT2D eigenvalue weighted by atomic mass is 16.5. The van der Waals surface area contributed by atoms with Gasteiger partial charge in [0, 0.05) is 36.1 Å². The van der Waals surface area contributed by atoms with Gasteiger partial charge in [-0.2, -0.15) is 0 Å². The smallest absolute Gasteiger partial charge is 0.203 e. The van der Waals surface area contributed by atoms with Crippen molar-refractivity contribution in [2.45, 2.75) is 0 Å². The van der Waals surface area contributed by atoms with Crippen LogP contribution in [0, 0.1) is 0 Å². The number of hydrazine groups is 1. The lowest BCUT2D eigenvalue weighted by atomic mass is 10.0. The molecule has 0 saturated carbocycles. The van der Waals surface area contributed by atoms with E-state index in [1.807, 2.05) is 18.2 Å². The summed E-state index contributed by atoms with van der Waals surface area (Å²) >= 11 is 0. The molecule has 7 nitrogen and oxygen atoms in total. The van der Waals surface area contributed by atoms with Crippen molar-refractivity contribution in [2.75, 3.05) is 38.2 Å². The lowest BCUT2D eigenvalue weighted by molar-refractivity contribution is 0.324. The van der Waals surface area contributed by atoms with Gasteiger partial charge in [0.15, 0.2) is 11.5 Å². The highest BCUT2D eigenvalue weighted by Gasteiger charge is 2.19. The summed E-state index contributed by atoms with van der Waals surface area (Å²) in [7, 11) is 4.68. The fourth-order valence-corrected chi connectivity index (χ4v) is 3.03. The summed E-state index contributed by atoms with van der Waals surface area (Å²) in [5.41, 5.74) is 10.2. The highest BCUT2D eigenvalue weighted by Crippen LogP contribution is 2.41. The van der Waals surface area contributed by atoms with Crippen LogP contribution in [0.1, 0.15) is 11.1 Å². The zero-order valence-electron chi connectivity index (χ0n) is 15.7. The quantitative estimate of drug-likeness (QED) is 0.533. The van der Waals surface area contributed by atoms with Gasteiger partial charge >= 0.3 is 0 Å². The second kappa shape index (κ2) is 7.92. The van der Waals surface area contributed by atoms with E-state index in [0.29, 0.717) is 28.6 Å². The Kier molecular flexibility index (Phi) is 5.42. The second-order valence-electron chi connectivity index (χ2n) is 5.89. The molecule has 0 bridgehead atoms. The Hall–Kier alpha value is -3.32. The third kappa shape index (κ3) is 3.50. The molecular formula is C20H24N4O3. The van der Waals surface area contributed by atoms with Gasteiger partial charge in [-0.15, -0.1) is 0 Å². The lowest BCUT2D eigenvalue weighted by Gasteiger charge is -2.25. The SMILES string of the molecule is COc1cc(N(N)/C(=C\N)c2ccc3c(c2)NCC=C3)cc(OC)c1OC. The van der Waals surface area contributed by atoms with Crippen LogP contribution < -0.4 is 36.1 Å². The van der Waals surface area contributed by atoms with Crippen molar-refractivity contribution in [1.82, 2.24) is 0 Å². The van der Waals surface area contributed by atoms with Gasteiger partial charge in [-0.05, 0) is 11.6 Å². The zero-order chi connectivity index (χ0) is 19.4. The summed E-state index contributed by atoms with van der Waals surface area (Å²) in [6.07, 6.45) is 5.64. The van der Waals surface area contributed by atoms with Crippen LogP contribution in [0.4, 0.5) is 11.4 Å². The maximum atomic E-state index is 6.40. The monoisotopic (exact) mass is 368 g/mol. The number of nitrogens with one attached hydrogen (secondary N) is 1. The van der Waals surface area contributed by atoms with E-state index < -0.39 is 0 Å². The average molecular weight is 368 g/mol. The van der Waals surface area contributed by atoms with Gasteiger partial charge in [0.05, 0.1) is 32.7 Å². The summed E-state index contributed by atoms with van der Waals surface area (Å²) in [5.74, 6) is 7.92. The number of hydrogen-bond donors (Lipinski definition) is 3. The molecule has 3 rings (SSSR count). The van der Waals surface area contributed by atoms with E-state index in [4.69, 9.17) is 25.8 Å². The van der Waals surface area contributed by atoms with E-state index in [9.17, 15) is 0 Å². The van der Waals surface area contributed by atoms with Gasteiger partial charge in [0.25, 0.3) is 0 Å². The summed E-state index contributed by atoms with van der Waals surface area (Å²) < 4.78 is 16.2. The van der Waals surface area contributed by atoms with Crippen molar-refractivity contribution < 1.29 is 14.2 Å². The number of anilines is 2. The lowest BCUT2D eigenvalue weighted by Crippen LogP contribution is -2.30. The van der Waals surface area contributed by atoms with Crippen LogP contribution in [0.25, 0.3) is 11.8 Å². The van der Waals surface area contributed by atoms with E-state index in [2.05, 4.69) is 17.5 Å². The fraction of sp³-hybridized carbons (Fsp3) is 0.200. The third-order valence-electron chi connectivity index (χ3n) is 4.40. The Morgan fingerprint density at radius 2 is 1.78 bits per heavy atom. The van der Waals surface area contributed by atoms with E-state index >= 15 is 0 Å². The molecule has 0 aromatic heterocycles. The molecule has 7 heteroatoms. The Morgan fingerprint density at radius 1 is 1.07 bits per heavy atom. The molecule has 1 aliphatic rings. The molecule has 0 amide bonds. The predicted molar refractivity (Wildman–Crippen MR) is 109 cm³/mol. The number of nitrogens with zero attached hydrogens (tertiary/aromatic N) is 1. The first-order valence-electron chi connectivity index (χ1n) is 8.44. The van der Waals surface area contributed by atoms with Gasteiger partial charge in [0.2, 0.25) is 5.75 Å². The fourth-order valence-electron chi connectivity index (χ4n) is 3.03. The summed E-state index contributed by atoms with van der Waals surface area (Å²) in [5, 5.41) is 4.83. The number of rotatable bonds is 6. The van der Waals surface area contributed by atoms with Crippen molar-refractivity contribution in [2.24, 2.45) is 11.6 Å². The maximum Gasteiger partial charge on any atom is 0.203 e. The van der Waals surface area contributed by atoms with E-state index in [1.54, 1.807) is 33.5 Å². The first-order valence-corrected chi connectivity index (χ1v) is 8.44. The number of hydrogen-bond acceptors (Lipinski definition) is 7. The normalized spacial score (nSPS) is 12.8. The van der Waals surface area contributed by atoms with Crippen molar-refractivity contribution in [3.05, 3.63) is 53.7 Å². The topological polar surface area (TPSA) is 95.0 Å². The van der Waals surface area contributed by atoms with E-state index in [1.165, 1.54) is 11.2 Å². The number of benzene rings is 2. The Morgan fingerprint density at radius 3 is 2.37 bits per heavy atom. The predicted octanol–water partition coefficient (Wildman–Crippen LogP) is 2.79. The molecule has 1 aliphatic heterocycles. The molecule has 0 radical (unpaired) electrons. The van der Waals surface area contributed by atoms with Crippen molar-refractivity contribution in [1.29, 1.82) is 0 Å². The first kappa shape index (κ1) is 18.5. The van der Waals surface area contributed by atoms with Crippen molar-refractivity contribution in [3.8, 4) is 17.2 Å². The van der Waals surface area contributed by atoms with Gasteiger partial charge in [-0.25, -0.2) is 5.84 Å². The number of nitrogens with two attached hydrogens (primary N) is 2. The summed E-state index contributed by atoms with van der Waals surface area (Å²) in [4.78, 5) is 0. The van der Waals surface area contributed by atoms with E-state index in [-0.39, 0.29) is 0 Å². The summed E-state index contributed by atoms with van der Waals surface area (Å²) in [6.45, 7) is 0.789. The standard InChI is InChI=1S/C20H24N4O3/c1-25-18-10-15(11-19(26-2)20(18)27-3)24(22)17(12-21)14-7-6-13-5-4-8-23-16(13)9-14/h4-7,9-12,23H,8,21-22H2,1-3H3/b17-12-. The first-order chi connectivity index (χ1) is 13.1. The minimum Gasteiger partial charge on any atom is -0.493 e. The van der Waals surface area contributed by atoms with Crippen molar-refractivity contribution >= 4 is 23.1 Å². The molecule has 2 aromatic rings. The van der Waals surface area contributed by atoms with Crippen LogP contribution in [0.15, 0.2) is 42.6 Å². The Balaban J connectivity index is 2.01. The van der Waals surface area contributed by atoms with Crippen LogP contribution in [-0.2, 0) is 0 Å². The van der Waals surface area contributed by atoms with Crippen molar-refractivity contribution in [3.63, 3.8) is 0 Å². The molecule has 142 valence electrons. The molecule has 1 heterocycles. The average Bonchev–Trinajstić information content (AvgIpc) is 2.72. The molecule has 0 fully saturated rings. The molecule has 0 unspecified atom stereocenters. The minimum absolute atomic E-state index is 0.500. The van der Waals surface area contributed by atoms with Crippen LogP contribution in [0.3, 0.4) is 0 Å². The van der Waals surface area contributed by atoms with Crippen LogP contribution >= 0.6 is 0 Å². The van der Waals surface area contributed by atoms with Crippen LogP contribution in [0.2, 0.25) is 0 Å². The minimum atomic E-state index is 0.500. The highest BCUT2D eigenvalue weighted by molar-refractivity contribution is 5.83. The zero-order valence-corrected chi connectivity index (χ0v) is 15.7. The molecule has 0 atom stereocenters. The number of ether oxygens (including phenoxy) is 3. The number of methoxy groups -OCH3 is 3. The van der Waals surface area contributed by atoms with Gasteiger partial charge < -0.3 is 25.3 Å². The third-order valence-corrected chi connectivity index (χ3v) is 4.40. The van der Waals surface area contributed by atoms with Gasteiger partial charge in [-0.1, -0.05) is 24.3 Å². The molecule has 2 aromatic carbocycles. The molecular weight excluding hydrogens is 344 g/mol. The maximum absolute atomic E-state index is 6.40. The molecule has 27 heavy (non-hydrogen) atoms. The van der Waals surface area contributed by atoms with Crippen LogP contribution in [-0.4, -0.2) is 27.9 Å². The molecule has 0 aliphatic carbocycles.